The maximum Gasteiger partial charge on any atom is 0.303 e. The second kappa shape index (κ2) is 28.9. The Bertz CT molecular complexity index is 2680. The molecule has 0 radical (unpaired) electrons. The van der Waals surface area contributed by atoms with Crippen LogP contribution >= 0.6 is 0 Å². The van der Waals surface area contributed by atoms with E-state index in [1.54, 1.807) is 54.6 Å². The molecule has 3 aliphatic rings. The Morgan fingerprint density at radius 3 is 1.10 bits per heavy atom. The summed E-state index contributed by atoms with van der Waals surface area (Å²) in [5.74, 6) is -12.6. The molecule has 3 aliphatic heterocycles. The van der Waals surface area contributed by atoms with Crippen molar-refractivity contribution in [1.82, 2.24) is 0 Å². The molecule has 83 heavy (non-hydrogen) atoms. The highest BCUT2D eigenvalue weighted by Gasteiger charge is 2.66. The SMILES string of the molecule is CC(=O)OC[C@H]1O[C@H](O[C@H]2[C@H](OC(C)=O)[C@@H](COC(c3ccccc3)(c3ccccc3)c3ccccc3)O[C@@]2(COC(C)=O)O[C@H]2O[C@H](COC(C)=O)[C@@H](OC(C)=O)[C@H](OC(C)=O)[C@H]2OC(C)=O)[C@H](OC(C)=O)[C@@H](OC(C)=O)[C@@H]1OC(C)=O. The molecular formula is C57H66O26. The summed E-state index contributed by atoms with van der Waals surface area (Å²) >= 11 is 0. The maximum absolute atomic E-state index is 13.7. The Hall–Kier alpha value is -7.88. The van der Waals surface area contributed by atoms with Gasteiger partial charge in [-0.2, -0.15) is 0 Å². The van der Waals surface area contributed by atoms with Crippen LogP contribution in [0.3, 0.4) is 0 Å². The van der Waals surface area contributed by atoms with Crippen LogP contribution in [0.5, 0.6) is 0 Å². The highest BCUT2D eigenvalue weighted by atomic mass is 16.8. The minimum Gasteiger partial charge on any atom is -0.463 e. The molecule has 3 aromatic rings. The molecular weight excluding hydrogens is 1100 g/mol. The molecule has 3 fully saturated rings. The quantitative estimate of drug-likeness (QED) is 0.0748. The Kier molecular flexibility index (Phi) is 22.4. The summed E-state index contributed by atoms with van der Waals surface area (Å²) in [6.07, 6.45) is -24.4. The maximum atomic E-state index is 13.7. The first-order valence-corrected chi connectivity index (χ1v) is 26.1. The number of ether oxygens (including phenoxy) is 16. The second-order valence-corrected chi connectivity index (χ2v) is 19.2. The Morgan fingerprint density at radius 1 is 0.386 bits per heavy atom. The van der Waals surface area contributed by atoms with Crippen LogP contribution in [0.15, 0.2) is 91.0 Å². The minimum absolute atomic E-state index is 0.588. The molecule has 26 nitrogen and oxygen atoms in total. The molecule has 3 heterocycles. The van der Waals surface area contributed by atoms with Crippen LogP contribution in [0.4, 0.5) is 0 Å². The Labute approximate surface area is 476 Å². The monoisotopic (exact) mass is 1170 g/mol. The van der Waals surface area contributed by atoms with Crippen LogP contribution < -0.4 is 0 Å². The summed E-state index contributed by atoms with van der Waals surface area (Å²) < 4.78 is 97.1. The van der Waals surface area contributed by atoms with Crippen LogP contribution in [0.2, 0.25) is 0 Å². The van der Waals surface area contributed by atoms with Gasteiger partial charge < -0.3 is 75.8 Å². The highest BCUT2D eigenvalue weighted by Crippen LogP contribution is 2.46. The van der Waals surface area contributed by atoms with Crippen molar-refractivity contribution >= 4 is 59.7 Å². The van der Waals surface area contributed by atoms with Crippen LogP contribution in [0.1, 0.15) is 85.9 Å². The number of benzene rings is 3. The number of esters is 10. The van der Waals surface area contributed by atoms with Crippen molar-refractivity contribution in [1.29, 1.82) is 0 Å². The van der Waals surface area contributed by atoms with E-state index in [0.29, 0.717) is 16.7 Å². The lowest BCUT2D eigenvalue weighted by Gasteiger charge is -2.48. The fraction of sp³-hybridized carbons (Fsp3) is 0.509. The average molecular weight is 1170 g/mol. The van der Waals surface area contributed by atoms with Gasteiger partial charge in [0.2, 0.25) is 12.1 Å². The van der Waals surface area contributed by atoms with Gasteiger partial charge in [-0.15, -0.1) is 0 Å². The zero-order valence-electron chi connectivity index (χ0n) is 47.1. The standard InChI is InChI=1S/C57H66O26/c1-30(58)68-26-43-46(72-33(4)61)49(75-36(7)64)51(77-38(9)66)54(79-43)81-53-48(74-35(6)63)45(28-71-57(40-20-14-11-15-21-40,41-22-16-12-17-23-41)42-24-18-13-19-25-42)82-56(53,29-70-32(3)60)83-55-52(78-39(10)67)50(76-37(8)65)47(73-34(5)62)44(80-55)27-69-31(2)59/h11-25,43-55H,26-29H2,1-10H3/t43-,44-,45-,46-,47-,48-,49+,50+,51-,52-,53+,54-,55-,56+/m1/s1. The highest BCUT2D eigenvalue weighted by molar-refractivity contribution is 5.70. The first-order valence-electron chi connectivity index (χ1n) is 26.1. The smallest absolute Gasteiger partial charge is 0.303 e. The van der Waals surface area contributed by atoms with Gasteiger partial charge in [-0.25, -0.2) is 0 Å². The summed E-state index contributed by atoms with van der Waals surface area (Å²) in [6.45, 7) is 6.85. The predicted octanol–water partition coefficient (Wildman–Crippen LogP) is 3.15. The van der Waals surface area contributed by atoms with E-state index in [2.05, 4.69) is 0 Å². The summed E-state index contributed by atoms with van der Waals surface area (Å²) in [5, 5.41) is 0. The van der Waals surface area contributed by atoms with E-state index in [0.717, 1.165) is 69.2 Å². The molecule has 0 bridgehead atoms. The second-order valence-electron chi connectivity index (χ2n) is 19.2. The summed E-state index contributed by atoms with van der Waals surface area (Å²) in [4.78, 5) is 129. The molecule has 450 valence electrons. The van der Waals surface area contributed by atoms with Crippen molar-refractivity contribution < 1.29 is 124 Å². The van der Waals surface area contributed by atoms with Crippen molar-refractivity contribution in [2.75, 3.05) is 26.4 Å². The van der Waals surface area contributed by atoms with Crippen LogP contribution in [0, 0.1) is 0 Å². The number of carbonyl (C=O) groups excluding carboxylic acids is 10. The van der Waals surface area contributed by atoms with E-state index >= 15 is 0 Å². The molecule has 6 rings (SSSR count). The van der Waals surface area contributed by atoms with E-state index in [-0.39, 0.29) is 0 Å². The van der Waals surface area contributed by atoms with E-state index in [9.17, 15) is 47.9 Å². The molecule has 0 saturated carbocycles. The number of hydrogen-bond donors (Lipinski definition) is 0. The number of rotatable bonds is 23. The topological polar surface area (TPSA) is 318 Å². The van der Waals surface area contributed by atoms with E-state index < -0.39 is 177 Å². The lowest BCUT2D eigenvalue weighted by molar-refractivity contribution is -0.400. The fourth-order valence-corrected chi connectivity index (χ4v) is 9.82. The molecule has 3 aromatic carbocycles. The van der Waals surface area contributed by atoms with Gasteiger partial charge in [-0.3, -0.25) is 47.9 Å². The van der Waals surface area contributed by atoms with E-state index in [1.807, 2.05) is 36.4 Å². The van der Waals surface area contributed by atoms with Crippen LogP contribution in [-0.4, -0.2) is 172 Å². The lowest BCUT2D eigenvalue weighted by Crippen LogP contribution is -2.67. The van der Waals surface area contributed by atoms with Crippen molar-refractivity contribution in [3.8, 4) is 0 Å². The van der Waals surface area contributed by atoms with Crippen molar-refractivity contribution in [3.05, 3.63) is 108 Å². The molecule has 0 aromatic heterocycles. The Morgan fingerprint density at radius 2 is 0.723 bits per heavy atom. The molecule has 0 unspecified atom stereocenters. The largest absolute Gasteiger partial charge is 0.463 e. The zero-order valence-corrected chi connectivity index (χ0v) is 47.1. The lowest BCUT2D eigenvalue weighted by atomic mass is 9.80. The van der Waals surface area contributed by atoms with Crippen molar-refractivity contribution in [3.63, 3.8) is 0 Å². The molecule has 0 spiro atoms. The molecule has 3 saturated heterocycles. The summed E-state index contributed by atoms with van der Waals surface area (Å²) in [6, 6.07) is 27.0. The van der Waals surface area contributed by atoms with Gasteiger partial charge in [0, 0.05) is 69.2 Å². The predicted molar refractivity (Wildman–Crippen MR) is 275 cm³/mol. The number of carbonyl (C=O) groups is 10. The molecule has 0 amide bonds. The molecule has 26 heteroatoms. The van der Waals surface area contributed by atoms with Gasteiger partial charge in [0.15, 0.2) is 55.1 Å². The van der Waals surface area contributed by atoms with E-state index in [1.165, 1.54) is 0 Å². The molecule has 0 N–H and O–H groups in total. The third-order valence-electron chi connectivity index (χ3n) is 12.7. The van der Waals surface area contributed by atoms with Gasteiger partial charge in [0.05, 0.1) is 6.61 Å². The third kappa shape index (κ3) is 16.7. The van der Waals surface area contributed by atoms with Crippen molar-refractivity contribution in [2.45, 2.75) is 160 Å². The van der Waals surface area contributed by atoms with Gasteiger partial charge in [-0.1, -0.05) is 91.0 Å². The first-order chi connectivity index (χ1) is 39.3. The van der Waals surface area contributed by atoms with Crippen LogP contribution in [-0.2, 0) is 129 Å². The summed E-state index contributed by atoms with van der Waals surface area (Å²) in [7, 11) is 0. The van der Waals surface area contributed by atoms with E-state index in [4.69, 9.17) is 75.8 Å². The normalized spacial score (nSPS) is 27.5. The van der Waals surface area contributed by atoms with Crippen molar-refractivity contribution in [2.24, 2.45) is 0 Å². The average Bonchev–Trinajstić information content (AvgIpc) is 2.25. The van der Waals surface area contributed by atoms with Crippen LogP contribution in [0.25, 0.3) is 0 Å². The zero-order chi connectivity index (χ0) is 60.8. The first kappa shape index (κ1) is 64.3. The number of hydrogen-bond acceptors (Lipinski definition) is 26. The summed E-state index contributed by atoms with van der Waals surface area (Å²) in [5.41, 5.74) is 0.227. The molecule has 14 atom stereocenters. The van der Waals surface area contributed by atoms with Gasteiger partial charge in [-0.05, 0) is 16.7 Å². The van der Waals surface area contributed by atoms with Gasteiger partial charge in [0.25, 0.3) is 0 Å². The molecule has 0 aliphatic carbocycles. The van der Waals surface area contributed by atoms with Gasteiger partial charge >= 0.3 is 59.7 Å². The minimum atomic E-state index is -2.85. The fourth-order valence-electron chi connectivity index (χ4n) is 9.82. The third-order valence-corrected chi connectivity index (χ3v) is 12.7. The Balaban J connectivity index is 1.65. The van der Waals surface area contributed by atoms with Gasteiger partial charge in [0.1, 0.15) is 43.7 Å².